The number of rotatable bonds is 2. The first-order valence-corrected chi connectivity index (χ1v) is 9.17. The molecule has 2 aliphatic rings. The highest BCUT2D eigenvalue weighted by molar-refractivity contribution is 9.10. The van der Waals surface area contributed by atoms with E-state index >= 15 is 0 Å². The molecule has 1 fully saturated rings. The fraction of sp³-hybridized carbons (Fsp3) is 0.263. The molecule has 0 radical (unpaired) electrons. The smallest absolute Gasteiger partial charge is 0.418 e. The number of hydrogen-bond donors (Lipinski definition) is 1. The zero-order valence-corrected chi connectivity index (χ0v) is 15.7. The van der Waals surface area contributed by atoms with Crippen molar-refractivity contribution in [2.45, 2.75) is 24.2 Å². The largest absolute Gasteiger partial charge is 0.461 e. The van der Waals surface area contributed by atoms with Crippen molar-refractivity contribution in [3.63, 3.8) is 0 Å². The lowest BCUT2D eigenvalue weighted by Gasteiger charge is -2.36. The molecule has 1 aliphatic carbocycles. The first-order valence-electron chi connectivity index (χ1n) is 8.37. The van der Waals surface area contributed by atoms with Gasteiger partial charge in [-0.05, 0) is 36.8 Å². The summed E-state index contributed by atoms with van der Waals surface area (Å²) in [5.74, 6) is -2.75. The van der Waals surface area contributed by atoms with E-state index in [1.165, 1.54) is 18.2 Å². The zero-order valence-electron chi connectivity index (χ0n) is 14.1. The van der Waals surface area contributed by atoms with Crippen molar-refractivity contribution < 1.29 is 27.1 Å². The van der Waals surface area contributed by atoms with Crippen LogP contribution in [0.3, 0.4) is 0 Å². The van der Waals surface area contributed by atoms with Gasteiger partial charge in [0.15, 0.2) is 5.54 Å². The summed E-state index contributed by atoms with van der Waals surface area (Å²) in [5.41, 5.74) is -3.20. The van der Waals surface area contributed by atoms with Gasteiger partial charge in [0.25, 0.3) is 11.9 Å². The molecule has 1 saturated carbocycles. The molecule has 1 N–H and O–H groups in total. The third-order valence-electron chi connectivity index (χ3n) is 4.84. The summed E-state index contributed by atoms with van der Waals surface area (Å²) >= 11 is 3.09. The van der Waals surface area contributed by atoms with Crippen LogP contribution in [0, 0.1) is 11.7 Å². The number of fused-ring (bicyclic) bond motifs is 1. The average molecular weight is 457 g/mol. The van der Waals surface area contributed by atoms with E-state index in [1.54, 1.807) is 18.2 Å². The maximum Gasteiger partial charge on any atom is 0.418 e. The number of amides is 1. The number of aliphatic imine (C=N–C) groups is 1. The lowest BCUT2D eigenvalue weighted by atomic mass is 9.83. The van der Waals surface area contributed by atoms with Gasteiger partial charge in [0.05, 0.1) is 0 Å². The number of benzene rings is 2. The standard InChI is InChI=1S/C19H13BrF4N2O2/c20-11-6-7-14(21)12(8-11)18(19(22,23)24)13-9-15(13)28-17(26-18)25-16(27)10-4-2-1-3-5-10/h1-8,13,15H,9H2,(H,25,26,27)/t13-,15+,18+/m0/s1. The van der Waals surface area contributed by atoms with Crippen LogP contribution in [0.1, 0.15) is 22.3 Å². The average Bonchev–Trinajstić information content (AvgIpc) is 3.42. The molecular weight excluding hydrogens is 444 g/mol. The molecule has 4 nitrogen and oxygen atoms in total. The normalized spacial score (nSPS) is 26.0. The van der Waals surface area contributed by atoms with Crippen LogP contribution in [0.25, 0.3) is 0 Å². The molecule has 28 heavy (non-hydrogen) atoms. The van der Waals surface area contributed by atoms with Crippen molar-refractivity contribution in [3.8, 4) is 0 Å². The first kappa shape index (κ1) is 18.9. The Morgan fingerprint density at radius 1 is 1.21 bits per heavy atom. The number of amidine groups is 1. The Kier molecular flexibility index (Phi) is 4.45. The Balaban J connectivity index is 1.79. The van der Waals surface area contributed by atoms with Gasteiger partial charge in [-0.15, -0.1) is 0 Å². The van der Waals surface area contributed by atoms with Gasteiger partial charge in [-0.1, -0.05) is 34.1 Å². The van der Waals surface area contributed by atoms with Crippen LogP contribution in [-0.4, -0.2) is 24.2 Å². The third kappa shape index (κ3) is 3.07. The Morgan fingerprint density at radius 3 is 2.61 bits per heavy atom. The lowest BCUT2D eigenvalue weighted by molar-refractivity contribution is -0.201. The lowest BCUT2D eigenvalue weighted by Crippen LogP contribution is -2.50. The van der Waals surface area contributed by atoms with E-state index in [9.17, 15) is 22.4 Å². The van der Waals surface area contributed by atoms with Gasteiger partial charge in [0.2, 0.25) is 0 Å². The predicted molar refractivity (Wildman–Crippen MR) is 96.2 cm³/mol. The van der Waals surface area contributed by atoms with Crippen LogP contribution < -0.4 is 5.32 Å². The summed E-state index contributed by atoms with van der Waals surface area (Å²) in [6.07, 6.45) is -5.64. The molecule has 4 rings (SSSR count). The second-order valence-electron chi connectivity index (χ2n) is 6.62. The Morgan fingerprint density at radius 2 is 1.93 bits per heavy atom. The van der Waals surface area contributed by atoms with E-state index in [2.05, 4.69) is 26.2 Å². The van der Waals surface area contributed by atoms with Crippen LogP contribution in [0.2, 0.25) is 0 Å². The van der Waals surface area contributed by atoms with Gasteiger partial charge in [0.1, 0.15) is 11.9 Å². The number of ether oxygens (including phenoxy) is 1. The highest BCUT2D eigenvalue weighted by atomic mass is 79.9. The number of carbonyl (C=O) groups excluding carboxylic acids is 1. The molecule has 146 valence electrons. The second kappa shape index (κ2) is 6.58. The molecule has 0 unspecified atom stereocenters. The number of nitrogens with zero attached hydrogens (tertiary/aromatic N) is 1. The molecule has 0 saturated heterocycles. The molecule has 3 atom stereocenters. The van der Waals surface area contributed by atoms with Crippen LogP contribution >= 0.6 is 15.9 Å². The van der Waals surface area contributed by atoms with Gasteiger partial charge >= 0.3 is 6.18 Å². The highest BCUT2D eigenvalue weighted by Crippen LogP contribution is 2.60. The molecule has 9 heteroatoms. The van der Waals surface area contributed by atoms with Gasteiger partial charge in [-0.25, -0.2) is 9.38 Å². The van der Waals surface area contributed by atoms with Crippen molar-refractivity contribution in [1.82, 2.24) is 5.32 Å². The van der Waals surface area contributed by atoms with Crippen LogP contribution in [0.15, 0.2) is 58.0 Å². The maximum atomic E-state index is 14.5. The molecule has 2 aromatic rings. The van der Waals surface area contributed by atoms with E-state index in [4.69, 9.17) is 4.74 Å². The summed E-state index contributed by atoms with van der Waals surface area (Å²) in [6.45, 7) is 0. The van der Waals surface area contributed by atoms with Crippen LogP contribution in [0.5, 0.6) is 0 Å². The van der Waals surface area contributed by atoms with Gasteiger partial charge in [-0.2, -0.15) is 13.2 Å². The molecule has 1 heterocycles. The van der Waals surface area contributed by atoms with Crippen molar-refractivity contribution in [3.05, 3.63) is 69.9 Å². The fourth-order valence-electron chi connectivity index (χ4n) is 3.45. The Hall–Kier alpha value is -2.42. The van der Waals surface area contributed by atoms with E-state index < -0.39 is 47.0 Å². The van der Waals surface area contributed by atoms with Gasteiger partial charge in [-0.3, -0.25) is 10.1 Å². The van der Waals surface area contributed by atoms with E-state index in [1.807, 2.05) is 0 Å². The Bertz CT molecular complexity index is 964. The number of nitrogens with one attached hydrogen (secondary N) is 1. The molecule has 0 aromatic heterocycles. The number of hydrogen-bond acceptors (Lipinski definition) is 3. The molecular formula is C19H13BrF4N2O2. The first-order chi connectivity index (χ1) is 13.2. The molecule has 0 spiro atoms. The van der Waals surface area contributed by atoms with Crippen molar-refractivity contribution >= 4 is 27.9 Å². The highest BCUT2D eigenvalue weighted by Gasteiger charge is 2.72. The van der Waals surface area contributed by atoms with Crippen LogP contribution in [0.4, 0.5) is 17.6 Å². The minimum Gasteiger partial charge on any atom is -0.461 e. The number of halogens is 5. The van der Waals surface area contributed by atoms with E-state index in [0.717, 1.165) is 12.1 Å². The Labute approximate surface area is 165 Å². The summed E-state index contributed by atoms with van der Waals surface area (Å²) in [7, 11) is 0. The number of alkyl halides is 3. The second-order valence-corrected chi connectivity index (χ2v) is 7.54. The monoisotopic (exact) mass is 456 g/mol. The quantitative estimate of drug-likeness (QED) is 0.673. The summed E-state index contributed by atoms with van der Waals surface area (Å²) in [4.78, 5) is 16.0. The topological polar surface area (TPSA) is 50.7 Å². The van der Waals surface area contributed by atoms with Crippen molar-refractivity contribution in [2.75, 3.05) is 0 Å². The van der Waals surface area contributed by atoms with Crippen LogP contribution in [-0.2, 0) is 10.3 Å². The van der Waals surface area contributed by atoms with Gasteiger partial charge in [0, 0.05) is 21.5 Å². The summed E-state index contributed by atoms with van der Waals surface area (Å²) < 4.78 is 62.9. The molecule has 1 amide bonds. The molecule has 1 aliphatic heterocycles. The molecule has 0 bridgehead atoms. The van der Waals surface area contributed by atoms with E-state index in [-0.39, 0.29) is 12.0 Å². The van der Waals surface area contributed by atoms with E-state index in [0.29, 0.717) is 4.47 Å². The van der Waals surface area contributed by atoms with Crippen molar-refractivity contribution in [1.29, 1.82) is 0 Å². The summed E-state index contributed by atoms with van der Waals surface area (Å²) in [6, 6.07) is 10.7. The third-order valence-corrected chi connectivity index (χ3v) is 5.33. The summed E-state index contributed by atoms with van der Waals surface area (Å²) in [5, 5.41) is 2.28. The maximum absolute atomic E-state index is 14.5. The zero-order chi connectivity index (χ0) is 20.1. The predicted octanol–water partition coefficient (Wildman–Crippen LogP) is 4.55. The minimum atomic E-state index is -4.89. The number of carbonyl (C=O) groups is 1. The fourth-order valence-corrected chi connectivity index (χ4v) is 3.81. The van der Waals surface area contributed by atoms with Crippen molar-refractivity contribution in [2.24, 2.45) is 10.9 Å². The van der Waals surface area contributed by atoms with Gasteiger partial charge < -0.3 is 4.74 Å². The SMILES string of the molecule is O=C(NC1=N[C@@](c2cc(Br)ccc2F)(C(F)(F)F)[C@H]2C[C@H]2O1)c1ccccc1. The molecule has 2 aromatic carbocycles. The minimum absolute atomic E-state index is 0.0552.